The van der Waals surface area contributed by atoms with Gasteiger partial charge < -0.3 is 41.3 Å². The molecule has 0 spiro atoms. The molecule has 0 aromatic heterocycles. The summed E-state index contributed by atoms with van der Waals surface area (Å²) in [7, 11) is 0. The van der Waals surface area contributed by atoms with E-state index in [2.05, 4.69) is 10.6 Å². The Bertz CT molecular complexity index is 170. The van der Waals surface area contributed by atoms with E-state index in [-0.39, 0.29) is 13.1 Å². The molecule has 0 amide bonds. The Morgan fingerprint density at radius 3 is 0.889 bits per heavy atom. The van der Waals surface area contributed by atoms with Gasteiger partial charge in [-0.2, -0.15) is 0 Å². The molecular weight excluding hydrogens is 244 g/mol. The van der Waals surface area contributed by atoms with Crippen molar-refractivity contribution in [2.24, 2.45) is 0 Å². The molecule has 18 heavy (non-hydrogen) atoms. The van der Waals surface area contributed by atoms with Gasteiger partial charge in [0.1, 0.15) is 0 Å². The second kappa shape index (κ2) is 8.73. The monoisotopic (exact) mass is 268 g/mol. The molecule has 0 rings (SSSR count). The van der Waals surface area contributed by atoms with Gasteiger partial charge in [-0.1, -0.05) is 0 Å². The summed E-state index contributed by atoms with van der Waals surface area (Å²) in [6.45, 7) is -2.02. The topological polar surface area (TPSA) is 145 Å². The highest BCUT2D eigenvalue weighted by Gasteiger charge is 2.29. The van der Waals surface area contributed by atoms with Crippen LogP contribution in [0.3, 0.4) is 0 Å². The number of hydrogen-bond acceptors (Lipinski definition) is 8. The number of hydrogen-bond donors (Lipinski definition) is 8. The molecule has 110 valence electrons. The third kappa shape index (κ3) is 4.75. The second-order valence-electron chi connectivity index (χ2n) is 4.36. The van der Waals surface area contributed by atoms with Crippen molar-refractivity contribution in [3.8, 4) is 0 Å². The Morgan fingerprint density at radius 1 is 0.500 bits per heavy atom. The minimum atomic E-state index is -1.16. The normalized spacial score (nSPS) is 13.0. The molecule has 0 fully saturated rings. The molecule has 0 bridgehead atoms. The molecular formula is C10H24N2O6. The van der Waals surface area contributed by atoms with E-state index < -0.39 is 50.7 Å². The standard InChI is InChI=1S/C10H24N2O6/c13-3-9(4-14,5-15)11-1-2-12-10(6-16,7-17)8-18/h11-18H,1-8H2. The van der Waals surface area contributed by atoms with Crippen molar-refractivity contribution in [2.45, 2.75) is 11.1 Å². The van der Waals surface area contributed by atoms with E-state index in [1.165, 1.54) is 0 Å². The maximum Gasteiger partial charge on any atom is 0.0882 e. The van der Waals surface area contributed by atoms with E-state index in [0.717, 1.165) is 0 Å². The Balaban J connectivity index is 4.11. The molecule has 0 heterocycles. The van der Waals surface area contributed by atoms with Crippen LogP contribution < -0.4 is 10.6 Å². The molecule has 8 nitrogen and oxygen atoms in total. The molecule has 8 heteroatoms. The van der Waals surface area contributed by atoms with E-state index in [1.54, 1.807) is 0 Å². The van der Waals surface area contributed by atoms with Crippen molar-refractivity contribution >= 4 is 0 Å². The molecule has 0 aliphatic rings. The van der Waals surface area contributed by atoms with Gasteiger partial charge in [0.25, 0.3) is 0 Å². The minimum absolute atomic E-state index is 0.267. The van der Waals surface area contributed by atoms with Crippen LogP contribution in [0.15, 0.2) is 0 Å². The highest BCUT2D eigenvalue weighted by atomic mass is 16.3. The van der Waals surface area contributed by atoms with Crippen LogP contribution in [0.25, 0.3) is 0 Å². The van der Waals surface area contributed by atoms with Crippen LogP contribution in [-0.2, 0) is 0 Å². The van der Waals surface area contributed by atoms with Gasteiger partial charge in [-0.15, -0.1) is 0 Å². The van der Waals surface area contributed by atoms with E-state index in [9.17, 15) is 0 Å². The van der Waals surface area contributed by atoms with Gasteiger partial charge >= 0.3 is 0 Å². The average molecular weight is 268 g/mol. The Kier molecular flexibility index (Phi) is 8.57. The van der Waals surface area contributed by atoms with Crippen molar-refractivity contribution < 1.29 is 30.6 Å². The van der Waals surface area contributed by atoms with Crippen LogP contribution >= 0.6 is 0 Å². The molecule has 0 unspecified atom stereocenters. The lowest BCUT2D eigenvalue weighted by Crippen LogP contribution is -2.59. The van der Waals surface area contributed by atoms with Crippen LogP contribution in [0.2, 0.25) is 0 Å². The number of aliphatic hydroxyl groups is 6. The zero-order valence-electron chi connectivity index (χ0n) is 10.3. The van der Waals surface area contributed by atoms with E-state index >= 15 is 0 Å². The SMILES string of the molecule is OCC(CO)(CO)NCCNC(CO)(CO)CO. The Hall–Kier alpha value is -0.320. The summed E-state index contributed by atoms with van der Waals surface area (Å²) in [6.07, 6.45) is 0. The van der Waals surface area contributed by atoms with E-state index in [0.29, 0.717) is 0 Å². The lowest BCUT2D eigenvalue weighted by molar-refractivity contribution is 0.0329. The molecule has 0 radical (unpaired) electrons. The fourth-order valence-electron chi connectivity index (χ4n) is 1.29. The number of aliphatic hydroxyl groups excluding tert-OH is 6. The van der Waals surface area contributed by atoms with E-state index in [4.69, 9.17) is 30.6 Å². The van der Waals surface area contributed by atoms with Crippen molar-refractivity contribution in [1.82, 2.24) is 10.6 Å². The van der Waals surface area contributed by atoms with Gasteiger partial charge in [0.15, 0.2) is 0 Å². The molecule has 0 aromatic rings. The fraction of sp³-hybridized carbons (Fsp3) is 1.00. The first kappa shape index (κ1) is 17.7. The first-order chi connectivity index (χ1) is 8.57. The maximum absolute atomic E-state index is 9.05. The summed E-state index contributed by atoms with van der Waals surface area (Å²) in [5.41, 5.74) is -2.33. The summed E-state index contributed by atoms with van der Waals surface area (Å²) in [5, 5.41) is 59.8. The molecule has 0 aromatic carbocycles. The third-order valence-corrected chi connectivity index (χ3v) is 2.94. The largest absolute Gasteiger partial charge is 0.394 e. The smallest absolute Gasteiger partial charge is 0.0882 e. The van der Waals surface area contributed by atoms with Crippen LogP contribution in [-0.4, -0.2) is 94.4 Å². The summed E-state index contributed by atoms with van der Waals surface area (Å²) in [6, 6.07) is 0. The first-order valence-corrected chi connectivity index (χ1v) is 5.73. The quantitative estimate of drug-likeness (QED) is 0.175. The molecule has 0 saturated heterocycles. The van der Waals surface area contributed by atoms with Gasteiger partial charge in [0.05, 0.1) is 50.7 Å². The van der Waals surface area contributed by atoms with Crippen molar-refractivity contribution in [2.75, 3.05) is 52.7 Å². The fourth-order valence-corrected chi connectivity index (χ4v) is 1.29. The maximum atomic E-state index is 9.05. The highest BCUT2D eigenvalue weighted by molar-refractivity contribution is 4.89. The zero-order chi connectivity index (χ0) is 14.1. The van der Waals surface area contributed by atoms with Crippen LogP contribution in [0, 0.1) is 0 Å². The third-order valence-electron chi connectivity index (χ3n) is 2.94. The number of nitrogens with one attached hydrogen (secondary N) is 2. The van der Waals surface area contributed by atoms with Gasteiger partial charge in [0.2, 0.25) is 0 Å². The minimum Gasteiger partial charge on any atom is -0.394 e. The average Bonchev–Trinajstić information content (AvgIpc) is 2.45. The summed E-state index contributed by atoms with van der Waals surface area (Å²) in [4.78, 5) is 0. The zero-order valence-corrected chi connectivity index (χ0v) is 10.3. The van der Waals surface area contributed by atoms with Gasteiger partial charge in [-0.25, -0.2) is 0 Å². The molecule has 0 atom stereocenters. The summed E-state index contributed by atoms with van der Waals surface area (Å²) in [5.74, 6) is 0. The van der Waals surface area contributed by atoms with Crippen LogP contribution in [0.5, 0.6) is 0 Å². The Labute approximate surface area is 106 Å². The Morgan fingerprint density at radius 2 is 0.722 bits per heavy atom. The molecule has 0 aliphatic carbocycles. The van der Waals surface area contributed by atoms with Crippen LogP contribution in [0.1, 0.15) is 0 Å². The summed E-state index contributed by atoms with van der Waals surface area (Å²) >= 11 is 0. The number of rotatable bonds is 11. The van der Waals surface area contributed by atoms with Crippen molar-refractivity contribution in [1.29, 1.82) is 0 Å². The molecule has 0 saturated carbocycles. The van der Waals surface area contributed by atoms with Crippen molar-refractivity contribution in [3.05, 3.63) is 0 Å². The van der Waals surface area contributed by atoms with Gasteiger partial charge in [0, 0.05) is 13.1 Å². The summed E-state index contributed by atoms with van der Waals surface area (Å²) < 4.78 is 0. The molecule has 8 N–H and O–H groups in total. The van der Waals surface area contributed by atoms with Gasteiger partial charge in [-0.05, 0) is 0 Å². The highest BCUT2D eigenvalue weighted by Crippen LogP contribution is 2.02. The lowest BCUT2D eigenvalue weighted by Gasteiger charge is -2.32. The first-order valence-electron chi connectivity index (χ1n) is 5.73. The molecule has 0 aliphatic heterocycles. The lowest BCUT2D eigenvalue weighted by atomic mass is 10.0. The van der Waals surface area contributed by atoms with Crippen LogP contribution in [0.4, 0.5) is 0 Å². The predicted octanol–water partition coefficient (Wildman–Crippen LogP) is -4.40. The van der Waals surface area contributed by atoms with Crippen molar-refractivity contribution in [3.63, 3.8) is 0 Å². The second-order valence-corrected chi connectivity index (χ2v) is 4.36. The van der Waals surface area contributed by atoms with E-state index in [1.807, 2.05) is 0 Å². The van der Waals surface area contributed by atoms with Gasteiger partial charge in [-0.3, -0.25) is 0 Å². The predicted molar refractivity (Wildman–Crippen MR) is 64.0 cm³/mol.